The molecule has 0 unspecified atom stereocenters. The highest BCUT2D eigenvalue weighted by molar-refractivity contribution is 7.89. The van der Waals surface area contributed by atoms with Crippen LogP contribution in [0.1, 0.15) is 39.5 Å². The molecule has 2 aliphatic heterocycles. The van der Waals surface area contributed by atoms with Gasteiger partial charge in [-0.15, -0.1) is 0 Å². The Morgan fingerprint density at radius 2 is 1.56 bits per heavy atom. The summed E-state index contributed by atoms with van der Waals surface area (Å²) in [5.74, 6) is -2.72. The number of likely N-dealkylation sites (tertiary alicyclic amines) is 1. The molecular weight excluding hydrogens is 467 g/mol. The molecule has 3 rings (SSSR count). The van der Waals surface area contributed by atoms with Gasteiger partial charge in [-0.3, -0.25) is 14.4 Å². The monoisotopic (exact) mass is 498 g/mol. The summed E-state index contributed by atoms with van der Waals surface area (Å²) in [5.41, 5.74) is 0. The van der Waals surface area contributed by atoms with E-state index < -0.39 is 33.8 Å². The van der Waals surface area contributed by atoms with Gasteiger partial charge in [0.05, 0.1) is 18.4 Å². The topological polar surface area (TPSA) is 110 Å². The molecule has 188 valence electrons. The van der Waals surface area contributed by atoms with Crippen molar-refractivity contribution in [3.05, 3.63) is 30.1 Å². The van der Waals surface area contributed by atoms with Gasteiger partial charge in [-0.2, -0.15) is 4.31 Å². The molecule has 2 saturated heterocycles. The van der Waals surface area contributed by atoms with Crippen LogP contribution in [0, 0.1) is 17.7 Å². The Morgan fingerprint density at radius 3 is 2.15 bits per heavy atom. The molecule has 0 aromatic heterocycles. The molecule has 2 fully saturated rings. The Labute approximate surface area is 199 Å². The van der Waals surface area contributed by atoms with Gasteiger partial charge in [-0.25, -0.2) is 12.8 Å². The van der Waals surface area contributed by atoms with Crippen LogP contribution in [0.15, 0.2) is 29.2 Å². The van der Waals surface area contributed by atoms with Crippen LogP contribution >= 0.6 is 0 Å². The summed E-state index contributed by atoms with van der Waals surface area (Å²) < 4.78 is 51.0. The van der Waals surface area contributed by atoms with Crippen LogP contribution in [0.2, 0.25) is 0 Å². The molecule has 0 aliphatic carbocycles. The molecular formula is C23H31FN2O7S. The molecule has 0 radical (unpaired) electrons. The lowest BCUT2D eigenvalue weighted by atomic mass is 9.96. The Hall–Kier alpha value is -2.53. The number of sulfonamides is 1. The van der Waals surface area contributed by atoms with E-state index in [4.69, 9.17) is 9.47 Å². The molecule has 1 aromatic carbocycles. The van der Waals surface area contributed by atoms with E-state index in [0.717, 1.165) is 10.4 Å². The van der Waals surface area contributed by atoms with E-state index in [0.29, 0.717) is 32.5 Å². The maximum atomic E-state index is 14.0. The number of carbonyl (C=O) groups excluding carboxylic acids is 3. The van der Waals surface area contributed by atoms with Gasteiger partial charge in [-0.1, -0.05) is 12.1 Å². The molecule has 2 heterocycles. The van der Waals surface area contributed by atoms with Crippen LogP contribution in [0.5, 0.6) is 0 Å². The summed E-state index contributed by atoms with van der Waals surface area (Å²) in [6.07, 6.45) is 0.462. The number of benzene rings is 1. The van der Waals surface area contributed by atoms with Gasteiger partial charge in [0.25, 0.3) is 5.91 Å². The van der Waals surface area contributed by atoms with Crippen molar-refractivity contribution in [1.82, 2.24) is 9.21 Å². The third-order valence-electron chi connectivity index (χ3n) is 6.31. The first-order valence-corrected chi connectivity index (χ1v) is 13.0. The van der Waals surface area contributed by atoms with Crippen molar-refractivity contribution in [2.75, 3.05) is 32.8 Å². The smallest absolute Gasteiger partial charge is 0.309 e. The minimum atomic E-state index is -3.99. The minimum absolute atomic E-state index is 0.0557. The average molecular weight is 499 g/mol. The number of hydrogen-bond acceptors (Lipinski definition) is 7. The Balaban J connectivity index is 1.48. The Bertz CT molecular complexity index is 1000. The standard InChI is InChI=1S/C23H31FN2O7S/c1-3-32-22(28)17-8-12-25(13-9-17)21(27)16(2)33-23(29)18-10-14-26(15-11-18)34(30,31)20-7-5-4-6-19(20)24/h4-7,16-18H,3,8-15H2,1-2H3/t16-/m1/s1. The van der Waals surface area contributed by atoms with Crippen molar-refractivity contribution >= 4 is 27.9 Å². The highest BCUT2D eigenvalue weighted by Gasteiger charge is 2.36. The second kappa shape index (κ2) is 11.3. The average Bonchev–Trinajstić information content (AvgIpc) is 2.84. The fourth-order valence-corrected chi connectivity index (χ4v) is 5.83. The largest absolute Gasteiger partial charge is 0.466 e. The number of nitrogens with zero attached hydrogens (tertiary/aromatic N) is 2. The van der Waals surface area contributed by atoms with Crippen LogP contribution in [-0.4, -0.2) is 74.4 Å². The van der Waals surface area contributed by atoms with Crippen molar-refractivity contribution in [2.24, 2.45) is 11.8 Å². The summed E-state index contributed by atoms with van der Waals surface area (Å²) in [7, 11) is -3.99. The number of halogens is 1. The van der Waals surface area contributed by atoms with Gasteiger partial charge in [0.2, 0.25) is 10.0 Å². The molecule has 34 heavy (non-hydrogen) atoms. The van der Waals surface area contributed by atoms with E-state index in [1.807, 2.05) is 0 Å². The minimum Gasteiger partial charge on any atom is -0.466 e. The number of piperidine rings is 2. The predicted octanol–water partition coefficient (Wildman–Crippen LogP) is 1.96. The summed E-state index contributed by atoms with van der Waals surface area (Å²) in [5, 5.41) is 0. The van der Waals surface area contributed by atoms with Crippen LogP contribution in [-0.2, 0) is 33.9 Å². The second-order valence-corrected chi connectivity index (χ2v) is 10.4. The molecule has 11 heteroatoms. The van der Waals surface area contributed by atoms with E-state index in [9.17, 15) is 27.2 Å². The van der Waals surface area contributed by atoms with Gasteiger partial charge >= 0.3 is 11.9 Å². The third kappa shape index (κ3) is 5.93. The van der Waals surface area contributed by atoms with E-state index >= 15 is 0 Å². The van der Waals surface area contributed by atoms with Crippen LogP contribution in [0.4, 0.5) is 4.39 Å². The van der Waals surface area contributed by atoms with Gasteiger partial charge in [0, 0.05) is 26.2 Å². The highest BCUT2D eigenvalue weighted by Crippen LogP contribution is 2.26. The third-order valence-corrected chi connectivity index (χ3v) is 8.24. The molecule has 0 saturated carbocycles. The van der Waals surface area contributed by atoms with E-state index in [-0.39, 0.29) is 48.6 Å². The first-order valence-electron chi connectivity index (χ1n) is 11.6. The summed E-state index contributed by atoms with van der Waals surface area (Å²) in [4.78, 5) is 38.4. The lowest BCUT2D eigenvalue weighted by Gasteiger charge is -2.33. The molecule has 0 N–H and O–H groups in total. The highest BCUT2D eigenvalue weighted by atomic mass is 32.2. The lowest BCUT2D eigenvalue weighted by molar-refractivity contribution is -0.164. The Kier molecular flexibility index (Phi) is 8.64. The molecule has 0 spiro atoms. The van der Waals surface area contributed by atoms with Gasteiger partial charge in [0.1, 0.15) is 10.7 Å². The quantitative estimate of drug-likeness (QED) is 0.529. The molecule has 9 nitrogen and oxygen atoms in total. The van der Waals surface area contributed by atoms with Crippen LogP contribution in [0.25, 0.3) is 0 Å². The molecule has 0 bridgehead atoms. The SMILES string of the molecule is CCOC(=O)C1CCN(C(=O)[C@@H](C)OC(=O)C2CCN(S(=O)(=O)c3ccccc3F)CC2)CC1. The number of hydrogen-bond donors (Lipinski definition) is 0. The molecule has 2 aliphatic rings. The van der Waals surface area contributed by atoms with E-state index in [1.165, 1.54) is 25.1 Å². The fraction of sp³-hybridized carbons (Fsp3) is 0.609. The van der Waals surface area contributed by atoms with Gasteiger partial charge in [0.15, 0.2) is 6.10 Å². The summed E-state index contributed by atoms with van der Waals surface area (Å²) >= 11 is 0. The number of rotatable bonds is 7. The molecule has 1 atom stereocenters. The maximum absolute atomic E-state index is 14.0. The fourth-order valence-electron chi connectivity index (χ4n) is 4.30. The molecule has 1 amide bonds. The van der Waals surface area contributed by atoms with Gasteiger partial charge in [-0.05, 0) is 51.7 Å². The second-order valence-electron chi connectivity index (χ2n) is 8.54. The molecule has 1 aromatic rings. The zero-order chi connectivity index (χ0) is 24.9. The van der Waals surface area contributed by atoms with E-state index in [1.54, 1.807) is 11.8 Å². The summed E-state index contributed by atoms with van der Waals surface area (Å²) in [6, 6.07) is 5.18. The summed E-state index contributed by atoms with van der Waals surface area (Å²) in [6.45, 7) is 4.46. The van der Waals surface area contributed by atoms with E-state index in [2.05, 4.69) is 0 Å². The number of amides is 1. The van der Waals surface area contributed by atoms with Crippen LogP contribution in [0.3, 0.4) is 0 Å². The van der Waals surface area contributed by atoms with Gasteiger partial charge < -0.3 is 14.4 Å². The zero-order valence-electron chi connectivity index (χ0n) is 19.4. The van der Waals surface area contributed by atoms with Crippen molar-refractivity contribution in [3.63, 3.8) is 0 Å². The predicted molar refractivity (Wildman–Crippen MR) is 119 cm³/mol. The first kappa shape index (κ1) is 26.1. The first-order chi connectivity index (χ1) is 16.1. The maximum Gasteiger partial charge on any atom is 0.309 e. The van der Waals surface area contributed by atoms with Crippen molar-refractivity contribution in [1.29, 1.82) is 0 Å². The lowest BCUT2D eigenvalue weighted by Crippen LogP contribution is -2.46. The number of ether oxygens (including phenoxy) is 2. The van der Waals surface area contributed by atoms with Crippen molar-refractivity contribution < 1.29 is 36.7 Å². The Morgan fingerprint density at radius 1 is 1.00 bits per heavy atom. The number of esters is 2. The van der Waals surface area contributed by atoms with Crippen LogP contribution < -0.4 is 0 Å². The number of carbonyl (C=O) groups is 3. The van der Waals surface area contributed by atoms with Crippen molar-refractivity contribution in [3.8, 4) is 0 Å². The van der Waals surface area contributed by atoms with Crippen molar-refractivity contribution in [2.45, 2.75) is 50.5 Å². The zero-order valence-corrected chi connectivity index (χ0v) is 20.3. The normalized spacial score (nSPS) is 19.4.